The molecule has 1 aliphatic rings. The summed E-state index contributed by atoms with van der Waals surface area (Å²) in [7, 11) is 0. The molecule has 1 fully saturated rings. The lowest BCUT2D eigenvalue weighted by Crippen LogP contribution is -2.30. The van der Waals surface area contributed by atoms with E-state index in [0.717, 1.165) is 49.7 Å². The minimum Gasteiger partial charge on any atom is -0.448 e. The van der Waals surface area contributed by atoms with Crippen molar-refractivity contribution in [1.82, 2.24) is 15.2 Å². The predicted molar refractivity (Wildman–Crippen MR) is 92.8 cm³/mol. The van der Waals surface area contributed by atoms with E-state index in [4.69, 9.17) is 4.42 Å². The maximum atomic E-state index is 12.1. The minimum atomic E-state index is 0.00660. The summed E-state index contributed by atoms with van der Waals surface area (Å²) in [5.41, 5.74) is 1.71. The average Bonchev–Trinajstić information content (AvgIpc) is 3.23. The lowest BCUT2D eigenvalue weighted by atomic mass is 10.1. The van der Waals surface area contributed by atoms with Gasteiger partial charge >= 0.3 is 0 Å². The summed E-state index contributed by atoms with van der Waals surface area (Å²) in [5.74, 6) is 1.62. The van der Waals surface area contributed by atoms with Crippen LogP contribution in [0, 0.1) is 5.92 Å². The van der Waals surface area contributed by atoms with Crippen molar-refractivity contribution in [3.05, 3.63) is 53.7 Å². The van der Waals surface area contributed by atoms with Gasteiger partial charge in [-0.25, -0.2) is 4.98 Å². The van der Waals surface area contributed by atoms with Crippen LogP contribution >= 0.6 is 0 Å². The monoisotopic (exact) mass is 327 g/mol. The molecular formula is C19H25N3O2. The van der Waals surface area contributed by atoms with Crippen molar-refractivity contribution in [3.8, 4) is 0 Å². The van der Waals surface area contributed by atoms with Gasteiger partial charge in [-0.15, -0.1) is 0 Å². The Labute approximate surface area is 143 Å². The van der Waals surface area contributed by atoms with Gasteiger partial charge in [0, 0.05) is 31.1 Å². The molecule has 0 spiro atoms. The average molecular weight is 327 g/mol. The highest BCUT2D eigenvalue weighted by atomic mass is 16.3. The number of rotatable bonds is 6. The molecule has 0 bridgehead atoms. The molecule has 2 aromatic rings. The van der Waals surface area contributed by atoms with Crippen molar-refractivity contribution in [3.63, 3.8) is 0 Å². The number of aromatic nitrogens is 1. The van der Waals surface area contributed by atoms with Crippen molar-refractivity contribution < 1.29 is 9.21 Å². The molecule has 128 valence electrons. The molecule has 1 aromatic heterocycles. The number of hydrogen-bond donors (Lipinski definition) is 1. The Balaban J connectivity index is 1.44. The summed E-state index contributed by atoms with van der Waals surface area (Å²) in [5, 5.41) is 3.04. The number of oxazole rings is 1. The first-order valence-corrected chi connectivity index (χ1v) is 8.61. The zero-order valence-electron chi connectivity index (χ0n) is 14.4. The molecular weight excluding hydrogens is 302 g/mol. The van der Waals surface area contributed by atoms with Crippen molar-refractivity contribution in [2.24, 2.45) is 5.92 Å². The van der Waals surface area contributed by atoms with Crippen molar-refractivity contribution in [1.29, 1.82) is 0 Å². The first-order valence-electron chi connectivity index (χ1n) is 8.61. The van der Waals surface area contributed by atoms with Crippen LogP contribution in [-0.2, 0) is 6.54 Å². The molecule has 1 amide bonds. The van der Waals surface area contributed by atoms with Crippen LogP contribution < -0.4 is 5.32 Å². The van der Waals surface area contributed by atoms with Crippen LogP contribution in [0.1, 0.15) is 48.1 Å². The van der Waals surface area contributed by atoms with Crippen LogP contribution in [0.15, 0.2) is 41.0 Å². The lowest BCUT2D eigenvalue weighted by Gasteiger charge is -2.15. The highest BCUT2D eigenvalue weighted by Crippen LogP contribution is 2.19. The highest BCUT2D eigenvalue weighted by molar-refractivity contribution is 5.94. The third-order valence-corrected chi connectivity index (χ3v) is 4.41. The Kier molecular flexibility index (Phi) is 5.30. The van der Waals surface area contributed by atoms with Crippen molar-refractivity contribution in [2.45, 2.75) is 32.7 Å². The first kappa shape index (κ1) is 16.7. The first-order chi connectivity index (χ1) is 11.6. The quantitative estimate of drug-likeness (QED) is 0.886. The molecule has 5 heteroatoms. The summed E-state index contributed by atoms with van der Waals surface area (Å²) in [6.07, 6.45) is 2.86. The summed E-state index contributed by atoms with van der Waals surface area (Å²) < 4.78 is 5.50. The molecule has 0 radical (unpaired) electrons. The number of hydrogen-bond acceptors (Lipinski definition) is 4. The van der Waals surface area contributed by atoms with Crippen LogP contribution in [0.2, 0.25) is 0 Å². The number of likely N-dealkylation sites (tertiary alicyclic amines) is 1. The number of amides is 1. The summed E-state index contributed by atoms with van der Waals surface area (Å²) in [4.78, 5) is 19.0. The molecule has 5 nitrogen and oxygen atoms in total. The Hall–Kier alpha value is -2.14. The van der Waals surface area contributed by atoms with Gasteiger partial charge in [0.2, 0.25) is 0 Å². The second-order valence-corrected chi connectivity index (χ2v) is 6.80. The van der Waals surface area contributed by atoms with Gasteiger partial charge in [-0.3, -0.25) is 9.69 Å². The van der Waals surface area contributed by atoms with Crippen molar-refractivity contribution >= 4 is 5.91 Å². The number of carbonyl (C=O) groups is 1. The Morgan fingerprint density at radius 1 is 1.38 bits per heavy atom. The van der Waals surface area contributed by atoms with Gasteiger partial charge in [0.1, 0.15) is 6.26 Å². The smallest absolute Gasteiger partial charge is 0.251 e. The molecule has 24 heavy (non-hydrogen) atoms. The molecule has 0 saturated carbocycles. The van der Waals surface area contributed by atoms with E-state index in [1.165, 1.54) is 0 Å². The van der Waals surface area contributed by atoms with Gasteiger partial charge in [0.15, 0.2) is 5.89 Å². The molecule has 3 rings (SSSR count). The van der Waals surface area contributed by atoms with Crippen LogP contribution in [0.5, 0.6) is 0 Å². The van der Waals surface area contributed by atoms with Crippen molar-refractivity contribution in [2.75, 3.05) is 19.6 Å². The molecule has 1 unspecified atom stereocenters. The number of benzene rings is 1. The Morgan fingerprint density at radius 3 is 2.88 bits per heavy atom. The highest BCUT2D eigenvalue weighted by Gasteiger charge is 2.24. The van der Waals surface area contributed by atoms with Crippen LogP contribution in [0.3, 0.4) is 0 Å². The van der Waals surface area contributed by atoms with Crippen LogP contribution in [0.4, 0.5) is 0 Å². The third-order valence-electron chi connectivity index (χ3n) is 4.41. The maximum absolute atomic E-state index is 12.1. The van der Waals surface area contributed by atoms with Gasteiger partial charge in [-0.1, -0.05) is 32.0 Å². The molecule has 2 heterocycles. The van der Waals surface area contributed by atoms with Gasteiger partial charge in [0.25, 0.3) is 5.91 Å². The third kappa shape index (κ3) is 4.23. The van der Waals surface area contributed by atoms with Crippen LogP contribution in [0.25, 0.3) is 0 Å². The normalized spacial score (nSPS) is 18.2. The fourth-order valence-electron chi connectivity index (χ4n) is 3.04. The molecule has 0 aliphatic carbocycles. The summed E-state index contributed by atoms with van der Waals surface area (Å²) in [6, 6.07) is 9.37. The fraction of sp³-hybridized carbons (Fsp3) is 0.474. The standard InChI is InChI=1S/C19H25N3O2/c1-14(2)19-21-17(13-24-19)12-22-9-8-15(11-22)10-20-18(23)16-6-4-3-5-7-16/h3-7,13-15H,8-12H2,1-2H3,(H,20,23). The van der Waals surface area contributed by atoms with E-state index in [-0.39, 0.29) is 5.91 Å². The second-order valence-electron chi connectivity index (χ2n) is 6.80. The minimum absolute atomic E-state index is 0.00660. The van der Waals surface area contributed by atoms with Gasteiger partial charge in [-0.2, -0.15) is 0 Å². The lowest BCUT2D eigenvalue weighted by molar-refractivity contribution is 0.0947. The maximum Gasteiger partial charge on any atom is 0.251 e. The van der Waals surface area contributed by atoms with E-state index in [9.17, 15) is 4.79 Å². The van der Waals surface area contributed by atoms with Gasteiger partial charge in [-0.05, 0) is 31.0 Å². The summed E-state index contributed by atoms with van der Waals surface area (Å²) in [6.45, 7) is 7.72. The van der Waals surface area contributed by atoms with E-state index in [0.29, 0.717) is 11.8 Å². The van der Waals surface area contributed by atoms with E-state index >= 15 is 0 Å². The van der Waals surface area contributed by atoms with E-state index in [1.54, 1.807) is 6.26 Å². The zero-order chi connectivity index (χ0) is 16.9. The molecule has 1 aromatic carbocycles. The number of nitrogens with one attached hydrogen (secondary N) is 1. The van der Waals surface area contributed by atoms with E-state index in [2.05, 4.69) is 29.0 Å². The predicted octanol–water partition coefficient (Wildman–Crippen LogP) is 3.05. The Bertz CT molecular complexity index is 666. The number of carbonyl (C=O) groups excluding carboxylic acids is 1. The number of nitrogens with zero attached hydrogens (tertiary/aromatic N) is 2. The van der Waals surface area contributed by atoms with Crippen LogP contribution in [-0.4, -0.2) is 35.4 Å². The van der Waals surface area contributed by atoms with E-state index < -0.39 is 0 Å². The molecule has 1 aliphatic heterocycles. The SMILES string of the molecule is CC(C)c1nc(CN2CCC(CNC(=O)c3ccccc3)C2)co1. The summed E-state index contributed by atoms with van der Waals surface area (Å²) >= 11 is 0. The van der Waals surface area contributed by atoms with E-state index in [1.807, 2.05) is 30.3 Å². The zero-order valence-corrected chi connectivity index (χ0v) is 14.4. The second kappa shape index (κ2) is 7.62. The van der Waals surface area contributed by atoms with Gasteiger partial charge in [0.05, 0.1) is 5.69 Å². The Morgan fingerprint density at radius 2 is 2.17 bits per heavy atom. The topological polar surface area (TPSA) is 58.4 Å². The molecule has 1 N–H and O–H groups in total. The fourth-order valence-corrected chi connectivity index (χ4v) is 3.04. The molecule has 1 atom stereocenters. The molecule has 1 saturated heterocycles. The largest absolute Gasteiger partial charge is 0.448 e. The van der Waals surface area contributed by atoms with Gasteiger partial charge < -0.3 is 9.73 Å².